The van der Waals surface area contributed by atoms with Gasteiger partial charge in [0.15, 0.2) is 5.75 Å². The Morgan fingerprint density at radius 1 is 1.19 bits per heavy atom. The Labute approximate surface area is 153 Å². The largest absolute Gasteiger partial charge is 0.495 e. The molecule has 1 heterocycles. The van der Waals surface area contributed by atoms with E-state index in [0.717, 1.165) is 5.56 Å². The molecule has 0 aliphatic heterocycles. The highest BCUT2D eigenvalue weighted by Gasteiger charge is 2.19. The van der Waals surface area contributed by atoms with Crippen molar-refractivity contribution in [2.75, 3.05) is 13.7 Å². The number of nitrogens with one attached hydrogen (secondary N) is 2. The summed E-state index contributed by atoms with van der Waals surface area (Å²) in [7, 11) is -2.38. The zero-order chi connectivity index (χ0) is 19.3. The first kappa shape index (κ1) is 20.0. The molecule has 0 radical (unpaired) electrons. The van der Waals surface area contributed by atoms with Crippen LogP contribution in [0.3, 0.4) is 0 Å². The van der Waals surface area contributed by atoms with Crippen LogP contribution in [-0.4, -0.2) is 27.1 Å². The first-order valence-corrected chi connectivity index (χ1v) is 9.70. The van der Waals surface area contributed by atoms with Crippen LogP contribution < -0.4 is 19.6 Å². The van der Waals surface area contributed by atoms with Crippen molar-refractivity contribution >= 4 is 10.0 Å². The normalized spacial score (nSPS) is 11.6. The molecule has 142 valence electrons. The van der Waals surface area contributed by atoms with Gasteiger partial charge in [-0.05, 0) is 30.5 Å². The van der Waals surface area contributed by atoms with Gasteiger partial charge in [0, 0.05) is 18.0 Å². The van der Waals surface area contributed by atoms with E-state index in [0.29, 0.717) is 18.2 Å². The van der Waals surface area contributed by atoms with Crippen molar-refractivity contribution in [1.82, 2.24) is 9.71 Å². The summed E-state index contributed by atoms with van der Waals surface area (Å²) in [5.41, 5.74) is 0.931. The topological polar surface area (TPSA) is 97.5 Å². The molecule has 0 aliphatic carbocycles. The third-order valence-electron chi connectivity index (χ3n) is 3.57. The van der Waals surface area contributed by atoms with Crippen LogP contribution in [0.4, 0.5) is 0 Å². The number of aryl methyl sites for hydroxylation is 1. The van der Waals surface area contributed by atoms with Gasteiger partial charge in [0.2, 0.25) is 15.5 Å². The predicted molar refractivity (Wildman–Crippen MR) is 99.2 cm³/mol. The van der Waals surface area contributed by atoms with E-state index in [1.54, 1.807) is 19.1 Å². The summed E-state index contributed by atoms with van der Waals surface area (Å²) in [5.74, 6) is 0.768. The number of H-pyrrole nitrogens is 1. The van der Waals surface area contributed by atoms with Crippen LogP contribution in [0.2, 0.25) is 0 Å². The molecule has 2 rings (SSSR count). The highest BCUT2D eigenvalue weighted by molar-refractivity contribution is 7.89. The summed E-state index contributed by atoms with van der Waals surface area (Å²) in [6, 6.07) is 6.23. The fourth-order valence-corrected chi connectivity index (χ4v) is 3.47. The number of benzene rings is 1. The molecule has 0 spiro atoms. The lowest BCUT2D eigenvalue weighted by Crippen LogP contribution is -2.25. The van der Waals surface area contributed by atoms with Crippen molar-refractivity contribution in [2.24, 2.45) is 5.92 Å². The van der Waals surface area contributed by atoms with Gasteiger partial charge in [0.1, 0.15) is 10.6 Å². The van der Waals surface area contributed by atoms with Crippen LogP contribution >= 0.6 is 0 Å². The van der Waals surface area contributed by atoms with Crippen LogP contribution in [0.25, 0.3) is 0 Å². The molecule has 0 aliphatic rings. The third-order valence-corrected chi connectivity index (χ3v) is 4.99. The number of hydrogen-bond acceptors (Lipinski definition) is 5. The molecular formula is C18H24N2O5S. The Bertz CT molecular complexity index is 919. The van der Waals surface area contributed by atoms with Gasteiger partial charge >= 0.3 is 0 Å². The lowest BCUT2D eigenvalue weighted by molar-refractivity contribution is 0.267. The Morgan fingerprint density at radius 2 is 1.92 bits per heavy atom. The number of aromatic amines is 1. The molecule has 7 nitrogen and oxygen atoms in total. The molecule has 2 N–H and O–H groups in total. The molecular weight excluding hydrogens is 356 g/mol. The molecule has 0 atom stereocenters. The molecule has 1 aromatic carbocycles. The number of methoxy groups -OCH3 is 1. The number of aromatic nitrogens is 1. The third kappa shape index (κ3) is 5.09. The summed E-state index contributed by atoms with van der Waals surface area (Å²) in [6.45, 7) is 6.14. The Balaban J connectivity index is 2.14. The quantitative estimate of drug-likeness (QED) is 0.732. The first-order chi connectivity index (χ1) is 12.2. The standard InChI is InChI=1S/C18H24N2O5S/c1-12(2)11-25-17-10-19-14(8-15(17)21)9-20-26(22,23)18-7-13(3)5-6-16(18)24-4/h5-8,10,12,20H,9,11H2,1-4H3,(H,19,21). The molecule has 8 heteroatoms. The van der Waals surface area contributed by atoms with E-state index < -0.39 is 10.0 Å². The molecule has 1 aromatic heterocycles. The monoisotopic (exact) mass is 380 g/mol. The van der Waals surface area contributed by atoms with Crippen molar-refractivity contribution in [3.8, 4) is 11.5 Å². The second-order valence-electron chi connectivity index (χ2n) is 6.37. The van der Waals surface area contributed by atoms with E-state index in [9.17, 15) is 13.2 Å². The fourth-order valence-electron chi connectivity index (χ4n) is 2.22. The van der Waals surface area contributed by atoms with Gasteiger partial charge in [0.25, 0.3) is 0 Å². The van der Waals surface area contributed by atoms with Crippen molar-refractivity contribution in [2.45, 2.75) is 32.2 Å². The first-order valence-electron chi connectivity index (χ1n) is 8.21. The van der Waals surface area contributed by atoms with Gasteiger partial charge in [-0.3, -0.25) is 4.79 Å². The highest BCUT2D eigenvalue weighted by Crippen LogP contribution is 2.24. The Hall–Kier alpha value is -2.32. The second-order valence-corrected chi connectivity index (χ2v) is 8.11. The molecule has 0 unspecified atom stereocenters. The van der Waals surface area contributed by atoms with Crippen molar-refractivity contribution in [3.05, 3.63) is 51.9 Å². The highest BCUT2D eigenvalue weighted by atomic mass is 32.2. The van der Waals surface area contributed by atoms with Gasteiger partial charge in [-0.2, -0.15) is 0 Å². The average Bonchev–Trinajstić information content (AvgIpc) is 2.59. The van der Waals surface area contributed by atoms with Gasteiger partial charge in [-0.15, -0.1) is 0 Å². The summed E-state index contributed by atoms with van der Waals surface area (Å²) in [4.78, 5) is 15.0. The van der Waals surface area contributed by atoms with Crippen LogP contribution in [0.1, 0.15) is 25.1 Å². The summed E-state index contributed by atoms with van der Waals surface area (Å²) in [6.07, 6.45) is 1.45. The van der Waals surface area contributed by atoms with E-state index in [2.05, 4.69) is 9.71 Å². The molecule has 0 fully saturated rings. The van der Waals surface area contributed by atoms with Crippen LogP contribution in [0.5, 0.6) is 11.5 Å². The van der Waals surface area contributed by atoms with Crippen molar-refractivity contribution in [3.63, 3.8) is 0 Å². The van der Waals surface area contributed by atoms with E-state index >= 15 is 0 Å². The lowest BCUT2D eigenvalue weighted by Gasteiger charge is -2.12. The molecule has 0 saturated heterocycles. The Kier molecular flexibility index (Phi) is 6.44. The molecule has 26 heavy (non-hydrogen) atoms. The maximum absolute atomic E-state index is 12.6. The maximum atomic E-state index is 12.6. The second kappa shape index (κ2) is 8.37. The summed E-state index contributed by atoms with van der Waals surface area (Å²) in [5, 5.41) is 0. The minimum absolute atomic E-state index is 0.0548. The number of sulfonamides is 1. The smallest absolute Gasteiger partial charge is 0.244 e. The van der Waals surface area contributed by atoms with Gasteiger partial charge in [-0.1, -0.05) is 19.9 Å². The number of ether oxygens (including phenoxy) is 2. The van der Waals surface area contributed by atoms with Crippen molar-refractivity contribution < 1.29 is 17.9 Å². The van der Waals surface area contributed by atoms with E-state index in [1.165, 1.54) is 25.4 Å². The zero-order valence-corrected chi connectivity index (χ0v) is 16.1. The maximum Gasteiger partial charge on any atom is 0.244 e. The van der Waals surface area contributed by atoms with Crippen LogP contribution in [0, 0.1) is 12.8 Å². The SMILES string of the molecule is COc1ccc(C)cc1S(=O)(=O)NCc1cc(=O)c(OCC(C)C)c[nH]1. The van der Waals surface area contributed by atoms with Gasteiger partial charge in [-0.25, -0.2) is 13.1 Å². The molecule has 0 amide bonds. The minimum Gasteiger partial charge on any atom is -0.495 e. The Morgan fingerprint density at radius 3 is 2.54 bits per heavy atom. The summed E-state index contributed by atoms with van der Waals surface area (Å²) >= 11 is 0. The average molecular weight is 380 g/mol. The van der Waals surface area contributed by atoms with E-state index in [-0.39, 0.29) is 28.4 Å². The molecule has 2 aromatic rings. The number of hydrogen-bond donors (Lipinski definition) is 2. The number of rotatable bonds is 8. The minimum atomic E-state index is -3.80. The van der Waals surface area contributed by atoms with Gasteiger partial charge < -0.3 is 14.5 Å². The van der Waals surface area contributed by atoms with Crippen LogP contribution in [0.15, 0.2) is 40.2 Å². The lowest BCUT2D eigenvalue weighted by atomic mass is 10.2. The van der Waals surface area contributed by atoms with E-state index in [4.69, 9.17) is 9.47 Å². The van der Waals surface area contributed by atoms with Crippen LogP contribution in [-0.2, 0) is 16.6 Å². The number of pyridine rings is 1. The van der Waals surface area contributed by atoms with Gasteiger partial charge in [0.05, 0.1) is 20.3 Å². The van der Waals surface area contributed by atoms with Crippen molar-refractivity contribution in [1.29, 1.82) is 0 Å². The summed E-state index contributed by atoms with van der Waals surface area (Å²) < 4.78 is 38.1. The fraction of sp³-hybridized carbons (Fsp3) is 0.389. The molecule has 0 bridgehead atoms. The van der Waals surface area contributed by atoms with E-state index in [1.807, 2.05) is 13.8 Å². The zero-order valence-electron chi connectivity index (χ0n) is 15.3. The molecule has 0 saturated carbocycles. The predicted octanol–water partition coefficient (Wildman–Crippen LogP) is 2.21.